The number of nitrogens with one attached hydrogen (secondary N) is 1. The van der Waals surface area contributed by atoms with Gasteiger partial charge in [-0.15, -0.1) is 0 Å². The summed E-state index contributed by atoms with van der Waals surface area (Å²) in [4.78, 5) is 41.7. The molecule has 1 saturated heterocycles. The molecule has 2 aliphatic heterocycles. The number of hydrogen-bond donors (Lipinski definition) is 1. The number of fused-ring (bicyclic) bond motifs is 2. The second-order valence-corrected chi connectivity index (χ2v) is 16.0. The number of morpholine rings is 1. The predicted molar refractivity (Wildman–Crippen MR) is 216 cm³/mol. The molecule has 0 radical (unpaired) electrons. The summed E-state index contributed by atoms with van der Waals surface area (Å²) in [6, 6.07) is 28.0. The van der Waals surface area contributed by atoms with E-state index < -0.39 is 11.6 Å². The number of para-hydroxylation sites is 1. The van der Waals surface area contributed by atoms with Gasteiger partial charge in [-0.3, -0.25) is 19.7 Å². The smallest absolute Gasteiger partial charge is 0.358 e. The first-order chi connectivity index (χ1) is 26.7. The number of rotatable bonds is 10. The standard InChI is InChI=1S/C43H45N7O4S/c1-43(2,3)54-41(52)39-32(31-26-44-50(27-31)36(30-10-5-4-6-11-30)19-20-48-22-24-53-25-23-48)16-17-38(46-39)49-21-18-29-12-9-13-33(34(29)28-49)40(51)47-42-45-35-14-7-8-15-37(35)55-42/h4-17,26-27,36H,18-25,28H2,1-3H3,(H,45,47,51). The number of thiazole rings is 1. The Kier molecular flexibility index (Phi) is 10.5. The molecule has 2 aliphatic rings. The minimum absolute atomic E-state index is 0.00414. The fraction of sp³-hybridized carbons (Fsp3) is 0.326. The molecule has 6 aromatic rings. The third kappa shape index (κ3) is 8.31. The average Bonchev–Trinajstić information content (AvgIpc) is 3.85. The normalized spacial score (nSPS) is 15.4. The molecule has 8 rings (SSSR count). The van der Waals surface area contributed by atoms with Crippen LogP contribution in [-0.4, -0.2) is 81.5 Å². The zero-order valence-corrected chi connectivity index (χ0v) is 32.2. The van der Waals surface area contributed by atoms with Gasteiger partial charge in [0.2, 0.25) is 0 Å². The molecule has 0 aliphatic carbocycles. The summed E-state index contributed by atoms with van der Waals surface area (Å²) in [5.74, 6) is -0.0692. The van der Waals surface area contributed by atoms with Gasteiger partial charge in [-0.2, -0.15) is 5.10 Å². The maximum Gasteiger partial charge on any atom is 0.358 e. The van der Waals surface area contributed by atoms with E-state index in [9.17, 15) is 9.59 Å². The molecule has 0 spiro atoms. The number of pyridine rings is 1. The number of carbonyl (C=O) groups is 2. The van der Waals surface area contributed by atoms with Crippen LogP contribution in [0.25, 0.3) is 21.3 Å². The Labute approximate surface area is 324 Å². The van der Waals surface area contributed by atoms with E-state index in [0.29, 0.717) is 35.2 Å². The second kappa shape index (κ2) is 15.7. The van der Waals surface area contributed by atoms with Crippen molar-refractivity contribution in [1.82, 2.24) is 24.6 Å². The SMILES string of the molecule is CC(C)(C)OC(=O)c1nc(N2CCc3cccc(C(=O)Nc4nc5ccccc5s4)c3C2)ccc1-c1cnn(C(CCN2CCOCC2)c2ccccc2)c1. The third-order valence-electron chi connectivity index (χ3n) is 10.1. The molecule has 1 unspecified atom stereocenters. The van der Waals surface area contributed by atoms with Crippen molar-refractivity contribution >= 4 is 44.4 Å². The van der Waals surface area contributed by atoms with Crippen LogP contribution in [0.5, 0.6) is 0 Å². The van der Waals surface area contributed by atoms with Gasteiger partial charge in [0.15, 0.2) is 10.8 Å². The minimum Gasteiger partial charge on any atom is -0.455 e. The Bertz CT molecular complexity index is 2280. The zero-order chi connectivity index (χ0) is 37.9. The summed E-state index contributed by atoms with van der Waals surface area (Å²) in [5, 5.41) is 8.44. The highest BCUT2D eigenvalue weighted by molar-refractivity contribution is 7.22. The van der Waals surface area contributed by atoms with Crippen LogP contribution in [0, 0.1) is 0 Å². The molecule has 1 N–H and O–H groups in total. The van der Waals surface area contributed by atoms with Crippen molar-refractivity contribution in [2.75, 3.05) is 49.6 Å². The number of benzene rings is 3. The molecule has 55 heavy (non-hydrogen) atoms. The predicted octanol–water partition coefficient (Wildman–Crippen LogP) is 7.64. The Morgan fingerprint density at radius 3 is 2.53 bits per heavy atom. The van der Waals surface area contributed by atoms with Gasteiger partial charge in [-0.25, -0.2) is 14.8 Å². The molecule has 1 amide bonds. The fourth-order valence-corrected chi connectivity index (χ4v) is 8.18. The quantitative estimate of drug-likeness (QED) is 0.141. The van der Waals surface area contributed by atoms with E-state index in [0.717, 1.165) is 72.6 Å². The lowest BCUT2D eigenvalue weighted by molar-refractivity contribution is 0.00637. The molecule has 1 atom stereocenters. The van der Waals surface area contributed by atoms with Gasteiger partial charge in [0.05, 0.1) is 35.7 Å². The van der Waals surface area contributed by atoms with E-state index in [1.165, 1.54) is 16.9 Å². The number of anilines is 2. The molecule has 5 heterocycles. The number of aromatic nitrogens is 4. The molecule has 0 bridgehead atoms. The maximum absolute atomic E-state index is 13.9. The molecule has 0 saturated carbocycles. The topological polar surface area (TPSA) is 115 Å². The van der Waals surface area contributed by atoms with Crippen LogP contribution >= 0.6 is 11.3 Å². The number of hydrogen-bond acceptors (Lipinski definition) is 10. The molecule has 1 fully saturated rings. The van der Waals surface area contributed by atoms with Gasteiger partial charge >= 0.3 is 5.97 Å². The van der Waals surface area contributed by atoms with Crippen molar-refractivity contribution in [3.63, 3.8) is 0 Å². The first-order valence-corrected chi connectivity index (χ1v) is 19.7. The Hall–Kier alpha value is -5.43. The Morgan fingerprint density at radius 2 is 1.73 bits per heavy atom. The van der Waals surface area contributed by atoms with E-state index in [1.807, 2.05) is 92.4 Å². The fourth-order valence-electron chi connectivity index (χ4n) is 7.32. The van der Waals surface area contributed by atoms with Crippen molar-refractivity contribution < 1.29 is 19.1 Å². The Balaban J connectivity index is 1.08. The van der Waals surface area contributed by atoms with Gasteiger partial charge in [0.1, 0.15) is 11.4 Å². The van der Waals surface area contributed by atoms with Gasteiger partial charge in [-0.1, -0.05) is 65.9 Å². The number of carbonyl (C=O) groups excluding carboxylic acids is 2. The summed E-state index contributed by atoms with van der Waals surface area (Å²) in [6.45, 7) is 11.0. The number of esters is 1. The zero-order valence-electron chi connectivity index (χ0n) is 31.4. The van der Waals surface area contributed by atoms with E-state index in [1.54, 1.807) is 0 Å². The van der Waals surface area contributed by atoms with Gasteiger partial charge < -0.3 is 14.4 Å². The second-order valence-electron chi connectivity index (χ2n) is 15.0. The lowest BCUT2D eigenvalue weighted by Crippen LogP contribution is -2.37. The van der Waals surface area contributed by atoms with Gasteiger partial charge in [0.25, 0.3) is 5.91 Å². The number of amides is 1. The summed E-state index contributed by atoms with van der Waals surface area (Å²) < 4.78 is 14.5. The first-order valence-electron chi connectivity index (χ1n) is 18.8. The molecular formula is C43H45N7O4S. The molecule has 282 valence electrons. The van der Waals surface area contributed by atoms with Gasteiger partial charge in [0, 0.05) is 55.6 Å². The van der Waals surface area contributed by atoms with Crippen molar-refractivity contribution in [1.29, 1.82) is 0 Å². The van der Waals surface area contributed by atoms with Crippen LogP contribution in [-0.2, 0) is 22.4 Å². The van der Waals surface area contributed by atoms with Crippen LogP contribution in [0.1, 0.15) is 70.8 Å². The Morgan fingerprint density at radius 1 is 0.927 bits per heavy atom. The summed E-state index contributed by atoms with van der Waals surface area (Å²) in [7, 11) is 0. The highest BCUT2D eigenvalue weighted by atomic mass is 32.1. The lowest BCUT2D eigenvalue weighted by Gasteiger charge is -2.31. The summed E-state index contributed by atoms with van der Waals surface area (Å²) in [6.07, 6.45) is 5.41. The van der Waals surface area contributed by atoms with Crippen LogP contribution in [0.15, 0.2) is 97.3 Å². The third-order valence-corrected chi connectivity index (χ3v) is 11.0. The van der Waals surface area contributed by atoms with Crippen molar-refractivity contribution in [3.8, 4) is 11.1 Å². The monoisotopic (exact) mass is 755 g/mol. The van der Waals surface area contributed by atoms with Crippen LogP contribution < -0.4 is 10.2 Å². The molecule has 3 aromatic heterocycles. The van der Waals surface area contributed by atoms with E-state index in [-0.39, 0.29) is 17.6 Å². The van der Waals surface area contributed by atoms with Crippen LogP contribution in [0.3, 0.4) is 0 Å². The average molecular weight is 756 g/mol. The summed E-state index contributed by atoms with van der Waals surface area (Å²) in [5.41, 5.74) is 5.61. The summed E-state index contributed by atoms with van der Waals surface area (Å²) >= 11 is 1.45. The van der Waals surface area contributed by atoms with Crippen molar-refractivity contribution in [3.05, 3.63) is 125 Å². The molecule has 3 aromatic carbocycles. The molecular weight excluding hydrogens is 711 g/mol. The largest absolute Gasteiger partial charge is 0.455 e. The number of nitrogens with zero attached hydrogens (tertiary/aromatic N) is 6. The highest BCUT2D eigenvalue weighted by Crippen LogP contribution is 2.33. The highest BCUT2D eigenvalue weighted by Gasteiger charge is 2.28. The van der Waals surface area contributed by atoms with E-state index in [2.05, 4.69) is 50.4 Å². The van der Waals surface area contributed by atoms with Crippen LogP contribution in [0.4, 0.5) is 10.9 Å². The maximum atomic E-state index is 13.9. The minimum atomic E-state index is -0.719. The molecule has 12 heteroatoms. The molecule has 11 nitrogen and oxygen atoms in total. The van der Waals surface area contributed by atoms with Gasteiger partial charge in [-0.05, 0) is 80.6 Å². The van der Waals surface area contributed by atoms with Crippen LogP contribution in [0.2, 0.25) is 0 Å². The lowest BCUT2D eigenvalue weighted by atomic mass is 9.94. The first kappa shape index (κ1) is 36.5. The van der Waals surface area contributed by atoms with Crippen molar-refractivity contribution in [2.45, 2.75) is 51.8 Å². The van der Waals surface area contributed by atoms with E-state index >= 15 is 0 Å². The number of ether oxygens (including phenoxy) is 2. The van der Waals surface area contributed by atoms with Crippen molar-refractivity contribution in [2.24, 2.45) is 0 Å². The van der Waals surface area contributed by atoms with E-state index in [4.69, 9.17) is 19.6 Å².